The molecular formula is C13H10N2O. The van der Waals surface area contributed by atoms with Crippen LogP contribution in [-0.2, 0) is 0 Å². The third-order valence-corrected chi connectivity index (χ3v) is 2.43. The van der Waals surface area contributed by atoms with Crippen molar-refractivity contribution in [3.63, 3.8) is 0 Å². The minimum absolute atomic E-state index is 0.510. The molecule has 2 aromatic carbocycles. The number of fused-ring (bicyclic) bond motifs is 1. The average molecular weight is 210 g/mol. The predicted molar refractivity (Wildman–Crippen MR) is 63.7 cm³/mol. The van der Waals surface area contributed by atoms with Crippen molar-refractivity contribution in [1.82, 2.24) is 4.98 Å². The summed E-state index contributed by atoms with van der Waals surface area (Å²) in [6.07, 6.45) is 3.16. The fraction of sp³-hybridized carbons (Fsp3) is 0. The first-order chi connectivity index (χ1) is 7.92. The SMILES string of the molecule is c1ccc2cc(Nc3ncco3)ccc2c1. The minimum atomic E-state index is 0.510. The minimum Gasteiger partial charge on any atom is -0.432 e. The molecule has 0 radical (unpaired) electrons. The van der Waals surface area contributed by atoms with Crippen LogP contribution < -0.4 is 5.32 Å². The van der Waals surface area contributed by atoms with Gasteiger partial charge >= 0.3 is 0 Å². The largest absolute Gasteiger partial charge is 0.432 e. The Kier molecular flexibility index (Phi) is 2.07. The molecule has 0 saturated heterocycles. The highest BCUT2D eigenvalue weighted by Gasteiger charge is 1.99. The van der Waals surface area contributed by atoms with Crippen LogP contribution in [0.5, 0.6) is 0 Å². The molecule has 0 atom stereocenters. The van der Waals surface area contributed by atoms with Crippen molar-refractivity contribution in [3.8, 4) is 0 Å². The van der Waals surface area contributed by atoms with Gasteiger partial charge in [0.2, 0.25) is 0 Å². The number of benzene rings is 2. The maximum absolute atomic E-state index is 5.13. The van der Waals surface area contributed by atoms with E-state index >= 15 is 0 Å². The standard InChI is InChI=1S/C13H10N2O/c1-2-4-11-9-12(6-5-10(11)3-1)15-13-14-7-8-16-13/h1-9H,(H,14,15). The van der Waals surface area contributed by atoms with E-state index < -0.39 is 0 Å². The van der Waals surface area contributed by atoms with Crippen LogP contribution in [0.3, 0.4) is 0 Å². The molecule has 3 rings (SSSR count). The zero-order chi connectivity index (χ0) is 10.8. The van der Waals surface area contributed by atoms with Gasteiger partial charge in [-0.3, -0.25) is 0 Å². The van der Waals surface area contributed by atoms with E-state index in [4.69, 9.17) is 4.42 Å². The number of anilines is 2. The zero-order valence-corrected chi connectivity index (χ0v) is 8.55. The van der Waals surface area contributed by atoms with E-state index in [1.54, 1.807) is 12.5 Å². The summed E-state index contributed by atoms with van der Waals surface area (Å²) in [6, 6.07) is 14.9. The lowest BCUT2D eigenvalue weighted by Crippen LogP contribution is -1.89. The van der Waals surface area contributed by atoms with E-state index in [0.717, 1.165) is 5.69 Å². The Bertz CT molecular complexity index is 602. The highest BCUT2D eigenvalue weighted by molar-refractivity contribution is 5.86. The number of aromatic nitrogens is 1. The molecular weight excluding hydrogens is 200 g/mol. The van der Waals surface area contributed by atoms with Crippen LogP contribution >= 0.6 is 0 Å². The van der Waals surface area contributed by atoms with E-state index in [1.165, 1.54) is 10.8 Å². The topological polar surface area (TPSA) is 38.1 Å². The molecule has 1 N–H and O–H groups in total. The summed E-state index contributed by atoms with van der Waals surface area (Å²) < 4.78 is 5.13. The number of hydrogen-bond acceptors (Lipinski definition) is 3. The van der Waals surface area contributed by atoms with Crippen molar-refractivity contribution in [2.24, 2.45) is 0 Å². The summed E-state index contributed by atoms with van der Waals surface area (Å²) in [4.78, 5) is 4.01. The molecule has 78 valence electrons. The van der Waals surface area contributed by atoms with Crippen LogP contribution in [0.4, 0.5) is 11.7 Å². The van der Waals surface area contributed by atoms with Gasteiger partial charge in [-0.1, -0.05) is 30.3 Å². The maximum Gasteiger partial charge on any atom is 0.299 e. The molecule has 0 spiro atoms. The Morgan fingerprint density at radius 2 is 1.88 bits per heavy atom. The van der Waals surface area contributed by atoms with Crippen LogP contribution in [0.2, 0.25) is 0 Å². The quantitative estimate of drug-likeness (QED) is 0.702. The van der Waals surface area contributed by atoms with Crippen molar-refractivity contribution >= 4 is 22.5 Å². The molecule has 0 aliphatic rings. The van der Waals surface area contributed by atoms with Crippen LogP contribution in [0.25, 0.3) is 10.8 Å². The lowest BCUT2D eigenvalue weighted by atomic mass is 10.1. The van der Waals surface area contributed by atoms with Crippen LogP contribution in [0.15, 0.2) is 59.3 Å². The van der Waals surface area contributed by atoms with E-state index in [1.807, 2.05) is 18.2 Å². The van der Waals surface area contributed by atoms with Gasteiger partial charge in [0.1, 0.15) is 6.26 Å². The number of nitrogens with zero attached hydrogens (tertiary/aromatic N) is 1. The molecule has 0 unspecified atom stereocenters. The highest BCUT2D eigenvalue weighted by Crippen LogP contribution is 2.21. The summed E-state index contributed by atoms with van der Waals surface area (Å²) >= 11 is 0. The number of rotatable bonds is 2. The van der Waals surface area contributed by atoms with Gasteiger partial charge in [-0.05, 0) is 22.9 Å². The Morgan fingerprint density at radius 3 is 2.69 bits per heavy atom. The molecule has 0 fully saturated rings. The van der Waals surface area contributed by atoms with Crippen LogP contribution in [0.1, 0.15) is 0 Å². The second-order valence-electron chi connectivity index (χ2n) is 3.52. The van der Waals surface area contributed by atoms with Gasteiger partial charge in [0.25, 0.3) is 6.01 Å². The van der Waals surface area contributed by atoms with Gasteiger partial charge in [0.15, 0.2) is 0 Å². The summed E-state index contributed by atoms with van der Waals surface area (Å²) in [5.41, 5.74) is 0.973. The molecule has 1 aromatic heterocycles. The number of oxazole rings is 1. The Hall–Kier alpha value is -2.29. The van der Waals surface area contributed by atoms with Gasteiger partial charge < -0.3 is 9.73 Å². The highest BCUT2D eigenvalue weighted by atomic mass is 16.4. The summed E-state index contributed by atoms with van der Waals surface area (Å²) in [7, 11) is 0. The van der Waals surface area contributed by atoms with E-state index in [2.05, 4.69) is 34.6 Å². The fourth-order valence-corrected chi connectivity index (χ4v) is 1.68. The van der Waals surface area contributed by atoms with Crippen molar-refractivity contribution in [3.05, 3.63) is 54.9 Å². The Morgan fingerprint density at radius 1 is 1.00 bits per heavy atom. The Balaban J connectivity index is 1.99. The van der Waals surface area contributed by atoms with E-state index in [9.17, 15) is 0 Å². The number of hydrogen-bond donors (Lipinski definition) is 1. The second-order valence-corrected chi connectivity index (χ2v) is 3.52. The van der Waals surface area contributed by atoms with Gasteiger partial charge in [-0.2, -0.15) is 0 Å². The van der Waals surface area contributed by atoms with Crippen LogP contribution in [0, 0.1) is 0 Å². The fourth-order valence-electron chi connectivity index (χ4n) is 1.68. The second kappa shape index (κ2) is 3.70. The Labute approximate surface area is 92.7 Å². The summed E-state index contributed by atoms with van der Waals surface area (Å²) in [5.74, 6) is 0. The molecule has 1 heterocycles. The third kappa shape index (κ3) is 1.63. The van der Waals surface area contributed by atoms with E-state index in [-0.39, 0.29) is 0 Å². The third-order valence-electron chi connectivity index (χ3n) is 2.43. The monoisotopic (exact) mass is 210 g/mol. The van der Waals surface area contributed by atoms with E-state index in [0.29, 0.717) is 6.01 Å². The molecule has 0 bridgehead atoms. The first-order valence-electron chi connectivity index (χ1n) is 5.07. The van der Waals surface area contributed by atoms with Crippen LogP contribution in [-0.4, -0.2) is 4.98 Å². The normalized spacial score (nSPS) is 10.5. The van der Waals surface area contributed by atoms with Gasteiger partial charge in [-0.25, -0.2) is 4.98 Å². The molecule has 3 nitrogen and oxygen atoms in total. The number of nitrogens with one attached hydrogen (secondary N) is 1. The summed E-state index contributed by atoms with van der Waals surface area (Å²) in [6.45, 7) is 0. The smallest absolute Gasteiger partial charge is 0.299 e. The lowest BCUT2D eigenvalue weighted by Gasteiger charge is -2.03. The maximum atomic E-state index is 5.13. The van der Waals surface area contributed by atoms with Gasteiger partial charge in [-0.15, -0.1) is 0 Å². The first-order valence-corrected chi connectivity index (χ1v) is 5.07. The van der Waals surface area contributed by atoms with Gasteiger partial charge in [0, 0.05) is 5.69 Å². The zero-order valence-electron chi connectivity index (χ0n) is 8.55. The molecule has 0 saturated carbocycles. The average Bonchev–Trinajstić information content (AvgIpc) is 2.82. The van der Waals surface area contributed by atoms with Gasteiger partial charge in [0.05, 0.1) is 6.20 Å². The summed E-state index contributed by atoms with van der Waals surface area (Å²) in [5, 5.41) is 5.51. The molecule has 0 aliphatic carbocycles. The predicted octanol–water partition coefficient (Wildman–Crippen LogP) is 3.57. The lowest BCUT2D eigenvalue weighted by molar-refractivity contribution is 0.578. The first kappa shape index (κ1) is 8.97. The molecule has 3 aromatic rings. The molecule has 0 aliphatic heterocycles. The molecule has 3 heteroatoms. The molecule has 16 heavy (non-hydrogen) atoms. The van der Waals surface area contributed by atoms with Crippen molar-refractivity contribution < 1.29 is 4.42 Å². The van der Waals surface area contributed by atoms with Crippen molar-refractivity contribution in [2.75, 3.05) is 5.32 Å². The molecule has 0 amide bonds. The van der Waals surface area contributed by atoms with Crippen molar-refractivity contribution in [1.29, 1.82) is 0 Å². The van der Waals surface area contributed by atoms with Crippen molar-refractivity contribution in [2.45, 2.75) is 0 Å².